The lowest BCUT2D eigenvalue weighted by Gasteiger charge is -2.14. The first-order valence-electron chi connectivity index (χ1n) is 3.33. The van der Waals surface area contributed by atoms with Crippen LogP contribution in [0.4, 0.5) is 13.2 Å². The molecule has 0 saturated heterocycles. The fraction of sp³-hybridized carbons (Fsp3) is 0.571. The molecule has 0 spiro atoms. The monoisotopic (exact) mass is 213 g/mol. The standard InChI is InChI=1S/C7H10F3NOS/c1-11(2)6(13-3)4-5(12)7(8,9)10/h4H,1-3H3/b6-4-. The van der Waals surface area contributed by atoms with Gasteiger partial charge in [-0.15, -0.1) is 11.8 Å². The number of carbonyl (C=O) groups excluding carboxylic acids is 1. The van der Waals surface area contributed by atoms with Gasteiger partial charge < -0.3 is 4.90 Å². The predicted octanol–water partition coefficient (Wildman–Crippen LogP) is 1.88. The van der Waals surface area contributed by atoms with Gasteiger partial charge in [-0.25, -0.2) is 0 Å². The second kappa shape index (κ2) is 4.55. The van der Waals surface area contributed by atoms with Crippen LogP contribution in [0.2, 0.25) is 0 Å². The van der Waals surface area contributed by atoms with Gasteiger partial charge in [-0.05, 0) is 6.26 Å². The summed E-state index contributed by atoms with van der Waals surface area (Å²) < 4.78 is 35.4. The maximum atomic E-state index is 11.8. The summed E-state index contributed by atoms with van der Waals surface area (Å²) in [7, 11) is 3.15. The average molecular weight is 213 g/mol. The quantitative estimate of drug-likeness (QED) is 0.668. The Labute approximate surface area is 78.8 Å². The molecule has 0 heterocycles. The van der Waals surface area contributed by atoms with E-state index in [1.54, 1.807) is 20.4 Å². The van der Waals surface area contributed by atoms with Crippen molar-refractivity contribution in [3.8, 4) is 0 Å². The van der Waals surface area contributed by atoms with E-state index in [2.05, 4.69) is 0 Å². The fourth-order valence-corrected chi connectivity index (χ4v) is 1.15. The van der Waals surface area contributed by atoms with Crippen LogP contribution in [0.1, 0.15) is 0 Å². The maximum Gasteiger partial charge on any atom is 0.454 e. The van der Waals surface area contributed by atoms with E-state index in [-0.39, 0.29) is 5.03 Å². The lowest BCUT2D eigenvalue weighted by Crippen LogP contribution is -2.22. The van der Waals surface area contributed by atoms with Crippen LogP contribution in [0.5, 0.6) is 0 Å². The molecule has 0 atom stereocenters. The summed E-state index contributed by atoms with van der Waals surface area (Å²) in [5.74, 6) is -1.83. The van der Waals surface area contributed by atoms with Crippen LogP contribution in [0.3, 0.4) is 0 Å². The van der Waals surface area contributed by atoms with Crippen LogP contribution < -0.4 is 0 Å². The van der Waals surface area contributed by atoms with Crippen LogP contribution in [0.15, 0.2) is 11.1 Å². The van der Waals surface area contributed by atoms with E-state index < -0.39 is 12.0 Å². The molecule has 0 bridgehead atoms. The fourth-order valence-electron chi connectivity index (χ4n) is 0.565. The molecule has 2 nitrogen and oxygen atoms in total. The molecule has 0 aliphatic carbocycles. The number of alkyl halides is 3. The molecule has 0 rings (SSSR count). The summed E-state index contributed by atoms with van der Waals surface area (Å²) in [6.45, 7) is 0. The van der Waals surface area contributed by atoms with Gasteiger partial charge in [0.25, 0.3) is 5.78 Å². The van der Waals surface area contributed by atoms with Crippen molar-refractivity contribution in [1.82, 2.24) is 4.90 Å². The molecule has 6 heteroatoms. The largest absolute Gasteiger partial charge is 0.454 e. The summed E-state index contributed by atoms with van der Waals surface area (Å²) in [5.41, 5.74) is 0. The van der Waals surface area contributed by atoms with E-state index in [9.17, 15) is 18.0 Å². The number of hydrogen-bond donors (Lipinski definition) is 0. The number of halogens is 3. The van der Waals surface area contributed by atoms with E-state index >= 15 is 0 Å². The van der Waals surface area contributed by atoms with Crippen molar-refractivity contribution in [3.63, 3.8) is 0 Å². The summed E-state index contributed by atoms with van der Waals surface area (Å²) >= 11 is 1.09. The first-order chi connectivity index (χ1) is 5.79. The maximum absolute atomic E-state index is 11.8. The highest BCUT2D eigenvalue weighted by molar-refractivity contribution is 8.02. The van der Waals surface area contributed by atoms with Gasteiger partial charge in [-0.3, -0.25) is 4.79 Å². The topological polar surface area (TPSA) is 20.3 Å². The second-order valence-electron chi connectivity index (χ2n) is 2.44. The molecule has 13 heavy (non-hydrogen) atoms. The van der Waals surface area contributed by atoms with Gasteiger partial charge in [0, 0.05) is 20.2 Å². The molecule has 76 valence electrons. The first kappa shape index (κ1) is 12.3. The van der Waals surface area contributed by atoms with Gasteiger partial charge in [0.2, 0.25) is 0 Å². The molecule has 0 fully saturated rings. The van der Waals surface area contributed by atoms with Crippen molar-refractivity contribution in [3.05, 3.63) is 11.1 Å². The average Bonchev–Trinajstić information content (AvgIpc) is 1.96. The van der Waals surface area contributed by atoms with Crippen molar-refractivity contribution >= 4 is 17.5 Å². The first-order valence-corrected chi connectivity index (χ1v) is 4.55. The number of thioether (sulfide) groups is 1. The van der Waals surface area contributed by atoms with E-state index in [0.717, 1.165) is 11.8 Å². The summed E-state index contributed by atoms with van der Waals surface area (Å²) in [6.07, 6.45) is -2.59. The van der Waals surface area contributed by atoms with Crippen LogP contribution in [0, 0.1) is 0 Å². The lowest BCUT2D eigenvalue weighted by atomic mass is 10.4. The minimum atomic E-state index is -4.78. The molecule has 0 amide bonds. The molecule has 0 aromatic heterocycles. The Morgan fingerprint density at radius 2 is 1.85 bits per heavy atom. The van der Waals surface area contributed by atoms with E-state index in [1.807, 2.05) is 0 Å². The molecule has 0 unspecified atom stereocenters. The van der Waals surface area contributed by atoms with Crippen LogP contribution >= 0.6 is 11.8 Å². The Morgan fingerprint density at radius 1 is 1.38 bits per heavy atom. The van der Waals surface area contributed by atoms with Crippen molar-refractivity contribution < 1.29 is 18.0 Å². The minimum absolute atomic E-state index is 0.280. The SMILES string of the molecule is CS/C(=C\C(=O)C(F)(F)F)N(C)C. The Kier molecular flexibility index (Phi) is 4.32. The van der Waals surface area contributed by atoms with E-state index in [4.69, 9.17) is 0 Å². The third-order valence-corrected chi connectivity index (χ3v) is 2.09. The molecular weight excluding hydrogens is 203 g/mol. The van der Waals surface area contributed by atoms with Gasteiger partial charge in [0.1, 0.15) is 0 Å². The van der Waals surface area contributed by atoms with E-state index in [1.165, 1.54) is 4.90 Å². The molecule has 0 saturated carbocycles. The summed E-state index contributed by atoms with van der Waals surface area (Å²) in [4.78, 5) is 11.9. The molecule has 0 aliphatic rings. The number of ketones is 1. The number of allylic oxidation sites excluding steroid dienone is 1. The predicted molar refractivity (Wildman–Crippen MR) is 46.3 cm³/mol. The summed E-state index contributed by atoms with van der Waals surface area (Å²) in [6, 6.07) is 0. The Bertz CT molecular complexity index is 222. The second-order valence-corrected chi connectivity index (χ2v) is 3.27. The normalized spacial score (nSPS) is 12.9. The van der Waals surface area contributed by atoms with Crippen molar-refractivity contribution in [1.29, 1.82) is 0 Å². The smallest absolute Gasteiger partial charge is 0.372 e. The van der Waals surface area contributed by atoms with Crippen LogP contribution in [-0.2, 0) is 4.79 Å². The molecule has 0 aromatic rings. The van der Waals surface area contributed by atoms with Gasteiger partial charge in [-0.2, -0.15) is 13.2 Å². The highest BCUT2D eigenvalue weighted by Gasteiger charge is 2.36. The van der Waals surface area contributed by atoms with Crippen molar-refractivity contribution in [2.45, 2.75) is 6.18 Å². The zero-order chi connectivity index (χ0) is 10.6. The van der Waals surface area contributed by atoms with E-state index in [0.29, 0.717) is 6.08 Å². The Morgan fingerprint density at radius 3 is 2.08 bits per heavy atom. The number of hydrogen-bond acceptors (Lipinski definition) is 3. The van der Waals surface area contributed by atoms with Crippen LogP contribution in [-0.4, -0.2) is 37.2 Å². The van der Waals surface area contributed by atoms with Gasteiger partial charge in [0.05, 0.1) is 5.03 Å². The number of carbonyl (C=O) groups is 1. The Hall–Kier alpha value is -0.650. The third kappa shape index (κ3) is 4.21. The lowest BCUT2D eigenvalue weighted by molar-refractivity contribution is -0.165. The molecule has 0 N–H and O–H groups in total. The summed E-state index contributed by atoms with van der Waals surface area (Å²) in [5, 5.41) is 0.280. The molecule has 0 aliphatic heterocycles. The zero-order valence-corrected chi connectivity index (χ0v) is 8.29. The molecule has 0 aromatic carbocycles. The number of nitrogens with zero attached hydrogens (tertiary/aromatic N) is 1. The van der Waals surface area contributed by atoms with Crippen molar-refractivity contribution in [2.75, 3.05) is 20.4 Å². The highest BCUT2D eigenvalue weighted by atomic mass is 32.2. The van der Waals surface area contributed by atoms with Crippen molar-refractivity contribution in [2.24, 2.45) is 0 Å². The Balaban J connectivity index is 4.62. The zero-order valence-electron chi connectivity index (χ0n) is 7.47. The van der Waals surface area contributed by atoms with Crippen LogP contribution in [0.25, 0.3) is 0 Å². The highest BCUT2D eigenvalue weighted by Crippen LogP contribution is 2.21. The third-order valence-electron chi connectivity index (χ3n) is 1.18. The minimum Gasteiger partial charge on any atom is -0.372 e. The van der Waals surface area contributed by atoms with Gasteiger partial charge in [-0.1, -0.05) is 0 Å². The van der Waals surface area contributed by atoms with Gasteiger partial charge in [0.15, 0.2) is 0 Å². The van der Waals surface area contributed by atoms with Gasteiger partial charge >= 0.3 is 6.18 Å². The molecular formula is C7H10F3NOS. The molecule has 0 radical (unpaired) electrons. The number of rotatable bonds is 3.